The van der Waals surface area contributed by atoms with Gasteiger partial charge in [0.2, 0.25) is 0 Å². The highest BCUT2D eigenvalue weighted by Crippen LogP contribution is 2.22. The van der Waals surface area contributed by atoms with Gasteiger partial charge in [0.15, 0.2) is 0 Å². The first-order valence-corrected chi connectivity index (χ1v) is 7.97. The molecule has 1 aliphatic carbocycles. The maximum absolute atomic E-state index is 11.7. The van der Waals surface area contributed by atoms with Crippen molar-refractivity contribution in [1.82, 2.24) is 5.32 Å². The van der Waals surface area contributed by atoms with Crippen molar-refractivity contribution < 1.29 is 24.2 Å². The molecule has 1 fully saturated rings. The predicted molar refractivity (Wildman–Crippen MR) is 84.0 cm³/mol. The summed E-state index contributed by atoms with van der Waals surface area (Å²) in [4.78, 5) is 22.9. The lowest BCUT2D eigenvalue weighted by Gasteiger charge is -2.25. The Labute approximate surface area is 135 Å². The number of carbonyl (C=O) groups is 2. The number of hydrogen-bond donors (Lipinski definition) is 2. The van der Waals surface area contributed by atoms with E-state index < -0.39 is 18.1 Å². The maximum Gasteiger partial charge on any atom is 0.408 e. The van der Waals surface area contributed by atoms with Gasteiger partial charge in [-0.2, -0.15) is 0 Å². The number of aliphatic carboxylic acids is 1. The minimum Gasteiger partial charge on any atom is -0.480 e. The summed E-state index contributed by atoms with van der Waals surface area (Å²) in [5.74, 6) is -1.06. The fourth-order valence-corrected chi connectivity index (χ4v) is 2.24. The molecule has 2 N–H and O–H groups in total. The first-order chi connectivity index (χ1) is 11.1. The first-order valence-electron chi connectivity index (χ1n) is 7.97. The number of ether oxygens (including phenoxy) is 2. The fourth-order valence-electron chi connectivity index (χ4n) is 2.24. The van der Waals surface area contributed by atoms with Crippen molar-refractivity contribution >= 4 is 12.1 Å². The third-order valence-electron chi connectivity index (χ3n) is 3.85. The van der Waals surface area contributed by atoms with Crippen molar-refractivity contribution in [1.29, 1.82) is 0 Å². The molecule has 126 valence electrons. The van der Waals surface area contributed by atoms with Gasteiger partial charge in [0.1, 0.15) is 12.6 Å². The molecule has 0 aromatic heterocycles. The summed E-state index contributed by atoms with van der Waals surface area (Å²) in [5.41, 5.74) is 0.850. The van der Waals surface area contributed by atoms with Crippen molar-refractivity contribution in [3.8, 4) is 0 Å². The second-order valence-corrected chi connectivity index (χ2v) is 5.66. The summed E-state index contributed by atoms with van der Waals surface area (Å²) in [6.45, 7) is 0.638. The van der Waals surface area contributed by atoms with Crippen LogP contribution in [0.3, 0.4) is 0 Å². The Morgan fingerprint density at radius 1 is 1.26 bits per heavy atom. The Morgan fingerprint density at radius 2 is 2.00 bits per heavy atom. The van der Waals surface area contributed by atoms with E-state index in [4.69, 9.17) is 14.6 Å². The molecule has 1 saturated carbocycles. The van der Waals surface area contributed by atoms with Crippen molar-refractivity contribution in [2.75, 3.05) is 6.61 Å². The van der Waals surface area contributed by atoms with E-state index >= 15 is 0 Å². The molecule has 6 heteroatoms. The molecule has 1 aromatic rings. The van der Waals surface area contributed by atoms with E-state index in [9.17, 15) is 9.59 Å². The van der Waals surface area contributed by atoms with E-state index in [1.807, 2.05) is 30.3 Å². The Hall–Kier alpha value is -2.08. The van der Waals surface area contributed by atoms with Crippen molar-refractivity contribution in [3.63, 3.8) is 0 Å². The minimum atomic E-state index is -1.06. The number of carboxylic acids is 1. The molecule has 1 aromatic carbocycles. The molecule has 1 atom stereocenters. The van der Waals surface area contributed by atoms with Crippen molar-refractivity contribution in [2.45, 2.75) is 50.9 Å². The number of carboxylic acid groups (broad SMARTS) is 1. The molecule has 23 heavy (non-hydrogen) atoms. The van der Waals surface area contributed by atoms with Gasteiger partial charge in [0.05, 0.1) is 6.10 Å². The number of carbonyl (C=O) groups excluding carboxylic acids is 1. The highest BCUT2D eigenvalue weighted by atomic mass is 16.5. The molecule has 2 rings (SSSR count). The summed E-state index contributed by atoms with van der Waals surface area (Å²) in [6, 6.07) is 8.27. The number of benzene rings is 1. The van der Waals surface area contributed by atoms with Gasteiger partial charge in [-0.25, -0.2) is 9.59 Å². The van der Waals surface area contributed by atoms with E-state index in [-0.39, 0.29) is 6.61 Å². The molecular weight excluding hydrogens is 298 g/mol. The predicted octanol–water partition coefficient (Wildman–Crippen LogP) is 2.72. The summed E-state index contributed by atoms with van der Waals surface area (Å²) in [5, 5.41) is 11.5. The fraction of sp³-hybridized carbons (Fsp3) is 0.529. The van der Waals surface area contributed by atoms with Gasteiger partial charge in [-0.1, -0.05) is 30.3 Å². The van der Waals surface area contributed by atoms with E-state index in [1.54, 1.807) is 0 Å². The molecule has 0 heterocycles. The van der Waals surface area contributed by atoms with E-state index in [0.29, 0.717) is 25.6 Å². The minimum absolute atomic E-state index is 0.115. The number of rotatable bonds is 9. The van der Waals surface area contributed by atoms with Gasteiger partial charge in [-0.05, 0) is 37.7 Å². The van der Waals surface area contributed by atoms with Crippen LogP contribution in [0.2, 0.25) is 0 Å². The number of hydrogen-bond acceptors (Lipinski definition) is 4. The Morgan fingerprint density at radius 3 is 2.61 bits per heavy atom. The van der Waals surface area contributed by atoms with Crippen LogP contribution in [0.5, 0.6) is 0 Å². The molecule has 0 spiro atoms. The second-order valence-electron chi connectivity index (χ2n) is 5.66. The van der Waals surface area contributed by atoms with Gasteiger partial charge in [0, 0.05) is 6.61 Å². The average Bonchev–Trinajstić information content (AvgIpc) is 2.50. The molecule has 1 amide bonds. The summed E-state index contributed by atoms with van der Waals surface area (Å²) in [7, 11) is 0. The van der Waals surface area contributed by atoms with E-state index in [1.165, 1.54) is 6.42 Å². The number of amides is 1. The molecule has 0 aliphatic heterocycles. The van der Waals surface area contributed by atoms with Crippen LogP contribution in [-0.4, -0.2) is 35.9 Å². The lowest BCUT2D eigenvalue weighted by molar-refractivity contribution is -0.139. The SMILES string of the molecule is O=C(NC(CCCOC1CCC1)C(=O)O)OCc1ccccc1. The van der Waals surface area contributed by atoms with Gasteiger partial charge in [0.25, 0.3) is 0 Å². The second kappa shape index (κ2) is 9.15. The number of nitrogens with one attached hydrogen (secondary N) is 1. The molecule has 0 bridgehead atoms. The summed E-state index contributed by atoms with van der Waals surface area (Å²) < 4.78 is 10.6. The van der Waals surface area contributed by atoms with E-state index in [2.05, 4.69) is 5.32 Å². The van der Waals surface area contributed by atoms with Crippen LogP contribution in [0.4, 0.5) is 4.79 Å². The standard InChI is InChI=1S/C17H23NO5/c19-16(20)15(10-5-11-22-14-8-4-9-14)18-17(21)23-12-13-6-2-1-3-7-13/h1-3,6-7,14-15H,4-5,8-12H2,(H,18,21)(H,19,20). The molecular formula is C17H23NO5. The van der Waals surface area contributed by atoms with Crippen LogP contribution in [0, 0.1) is 0 Å². The van der Waals surface area contributed by atoms with Crippen molar-refractivity contribution in [2.24, 2.45) is 0 Å². The summed E-state index contributed by atoms with van der Waals surface area (Å²) >= 11 is 0. The zero-order valence-electron chi connectivity index (χ0n) is 13.1. The Balaban J connectivity index is 1.65. The molecule has 6 nitrogen and oxygen atoms in total. The quantitative estimate of drug-likeness (QED) is 0.683. The van der Waals surface area contributed by atoms with Crippen LogP contribution < -0.4 is 5.32 Å². The molecule has 0 radical (unpaired) electrons. The summed E-state index contributed by atoms with van der Waals surface area (Å²) in [6.07, 6.45) is 3.91. The topological polar surface area (TPSA) is 84.9 Å². The van der Waals surface area contributed by atoms with Crippen LogP contribution in [0.1, 0.15) is 37.7 Å². The lowest BCUT2D eigenvalue weighted by Crippen LogP contribution is -2.41. The molecule has 0 saturated heterocycles. The van der Waals surface area contributed by atoms with Crippen LogP contribution >= 0.6 is 0 Å². The third kappa shape index (κ3) is 6.28. The zero-order chi connectivity index (χ0) is 16.5. The highest BCUT2D eigenvalue weighted by molar-refractivity contribution is 5.79. The van der Waals surface area contributed by atoms with Crippen molar-refractivity contribution in [3.05, 3.63) is 35.9 Å². The van der Waals surface area contributed by atoms with Gasteiger partial charge in [-0.15, -0.1) is 0 Å². The normalized spacial score (nSPS) is 15.5. The van der Waals surface area contributed by atoms with Crippen LogP contribution in [0.15, 0.2) is 30.3 Å². The Bertz CT molecular complexity index is 501. The van der Waals surface area contributed by atoms with Crippen LogP contribution in [0.25, 0.3) is 0 Å². The van der Waals surface area contributed by atoms with E-state index in [0.717, 1.165) is 18.4 Å². The average molecular weight is 321 g/mol. The van der Waals surface area contributed by atoms with Gasteiger partial charge >= 0.3 is 12.1 Å². The smallest absolute Gasteiger partial charge is 0.408 e. The maximum atomic E-state index is 11.7. The molecule has 1 unspecified atom stereocenters. The lowest BCUT2D eigenvalue weighted by atomic mass is 9.96. The zero-order valence-corrected chi connectivity index (χ0v) is 13.1. The van der Waals surface area contributed by atoms with Gasteiger partial charge < -0.3 is 19.9 Å². The monoisotopic (exact) mass is 321 g/mol. The van der Waals surface area contributed by atoms with Crippen LogP contribution in [-0.2, 0) is 20.9 Å². The molecule has 1 aliphatic rings. The Kier molecular flexibility index (Phi) is 6.87. The highest BCUT2D eigenvalue weighted by Gasteiger charge is 2.21. The first kappa shape index (κ1) is 17.3. The number of alkyl carbamates (subject to hydrolysis) is 1. The third-order valence-corrected chi connectivity index (χ3v) is 3.85. The van der Waals surface area contributed by atoms with Gasteiger partial charge in [-0.3, -0.25) is 0 Å². The largest absolute Gasteiger partial charge is 0.480 e.